The highest BCUT2D eigenvalue weighted by Gasteiger charge is 2.56. The highest BCUT2D eigenvalue weighted by atomic mass is 31.1. The third-order valence-electron chi connectivity index (χ3n) is 31.3. The number of carbonyl (C=O) groups is 10. The van der Waals surface area contributed by atoms with E-state index < -0.39 is 163 Å². The zero-order valence-corrected chi connectivity index (χ0v) is 90.3. The fourth-order valence-corrected chi connectivity index (χ4v) is 22.3. The molecule has 8 rings (SSSR count). The lowest BCUT2D eigenvalue weighted by atomic mass is 9.74. The molecule has 0 aromatic carbocycles. The molecule has 8 aliphatic rings. The van der Waals surface area contributed by atoms with Crippen LogP contribution in [0.25, 0.3) is 0 Å². The van der Waals surface area contributed by atoms with Gasteiger partial charge in [-0.25, -0.2) is 9.59 Å². The van der Waals surface area contributed by atoms with Crippen molar-refractivity contribution >= 4 is 66.3 Å². The molecule has 28 heteroatoms. The molecule has 140 heavy (non-hydrogen) atoms. The highest BCUT2D eigenvalue weighted by Crippen LogP contribution is 2.44. The number of nitrogens with zero attached hydrogens (tertiary/aromatic N) is 2. The predicted molar refractivity (Wildman–Crippen MR) is 544 cm³/mol. The van der Waals surface area contributed by atoms with Crippen LogP contribution in [0.4, 0.5) is 0 Å². The van der Waals surface area contributed by atoms with Gasteiger partial charge in [-0.15, -0.1) is 0 Å². The molecular weight excluding hydrogens is 1800 g/mol. The second-order valence-corrected chi connectivity index (χ2v) is 44.3. The predicted octanol–water partition coefficient (Wildman–Crippen LogP) is 18.3. The van der Waals surface area contributed by atoms with Gasteiger partial charge in [0.1, 0.15) is 73.1 Å². The fraction of sp³-hybridized carbons (Fsp3) is 0.768. The minimum absolute atomic E-state index is 0.0201. The summed E-state index contributed by atoms with van der Waals surface area (Å²) in [4.78, 5) is 144. The summed E-state index contributed by atoms with van der Waals surface area (Å²) < 4.78 is 71.4. The molecule has 6 unspecified atom stereocenters. The number of aliphatic hydroxyl groups is 4. The number of ether oxygens (including phenoxy) is 10. The van der Waals surface area contributed by atoms with Crippen molar-refractivity contribution in [1.82, 2.24) is 9.80 Å². The average molecular weight is 1990 g/mol. The molecule has 0 spiro atoms. The lowest BCUT2D eigenvalue weighted by Gasteiger charge is -2.42. The van der Waals surface area contributed by atoms with E-state index in [-0.39, 0.29) is 110 Å². The van der Waals surface area contributed by atoms with E-state index in [9.17, 15) is 72.9 Å². The Balaban J connectivity index is 0.000000415. The molecule has 0 radical (unpaired) electrons. The Morgan fingerprint density at radius 1 is 0.464 bits per heavy atom. The summed E-state index contributed by atoms with van der Waals surface area (Å²) >= 11 is 0. The Morgan fingerprint density at radius 2 is 0.864 bits per heavy atom. The van der Waals surface area contributed by atoms with Crippen molar-refractivity contribution < 1.29 is 120 Å². The normalized spacial score (nSPS) is 37.2. The number of hydrogen-bond acceptors (Lipinski definition) is 25. The summed E-state index contributed by atoms with van der Waals surface area (Å²) in [7, 11) is 8.25. The third kappa shape index (κ3) is 35.9. The summed E-state index contributed by atoms with van der Waals surface area (Å²) in [6, 6.07) is -2.24. The van der Waals surface area contributed by atoms with Gasteiger partial charge in [-0.05, 0) is 245 Å². The molecule has 6 heterocycles. The number of esters is 2. The fourth-order valence-electron chi connectivity index (χ4n) is 21.7. The molecule has 0 aromatic rings. The minimum atomic E-state index is -2.43. The Kier molecular flexibility index (Phi) is 52.8. The summed E-state index contributed by atoms with van der Waals surface area (Å²) in [5.74, 6) is -14.4. The molecule has 4 saturated heterocycles. The zero-order chi connectivity index (χ0) is 104. The number of Topliss-reactive ketones (excluding diaryl/α,β-unsaturated/α-hetero) is 6. The molecule has 6 fully saturated rings. The molecule has 4 N–H and O–H groups in total. The second-order valence-electron chi connectivity index (χ2n) is 42.6. The first kappa shape index (κ1) is 122. The summed E-state index contributed by atoms with van der Waals surface area (Å²) in [5, 5.41) is 46.9. The van der Waals surface area contributed by atoms with E-state index in [1.165, 1.54) is 36.9 Å². The van der Waals surface area contributed by atoms with Gasteiger partial charge in [0.15, 0.2) is 11.6 Å². The van der Waals surface area contributed by atoms with Crippen molar-refractivity contribution in [1.29, 1.82) is 0 Å². The van der Waals surface area contributed by atoms with Crippen molar-refractivity contribution in [3.8, 4) is 0 Å². The summed E-state index contributed by atoms with van der Waals surface area (Å²) in [6.07, 6.45) is 33.2. The van der Waals surface area contributed by atoms with Crippen LogP contribution >= 0.6 is 7.80 Å². The van der Waals surface area contributed by atoms with Crippen LogP contribution < -0.4 is 0 Å². The Labute approximate surface area is 839 Å². The Bertz CT molecular complexity index is 4240. The minimum Gasteiger partial charge on any atom is -0.460 e. The van der Waals surface area contributed by atoms with Crippen LogP contribution in [0.2, 0.25) is 0 Å². The van der Waals surface area contributed by atoms with Crippen molar-refractivity contribution in [2.45, 2.75) is 401 Å². The molecule has 2 aliphatic carbocycles. The van der Waals surface area contributed by atoms with Gasteiger partial charge in [-0.2, -0.15) is 0 Å². The number of aliphatic hydroxyl groups excluding tert-OH is 2. The first-order valence-electron chi connectivity index (χ1n) is 52.7. The van der Waals surface area contributed by atoms with Gasteiger partial charge < -0.3 is 77.6 Å². The maximum absolute atomic E-state index is 14.5. The van der Waals surface area contributed by atoms with Crippen molar-refractivity contribution in [2.24, 2.45) is 82.9 Å². The molecule has 792 valence electrons. The number of unbranched alkanes of at least 4 members (excludes halogenated alkanes) is 2. The van der Waals surface area contributed by atoms with E-state index in [0.29, 0.717) is 113 Å². The van der Waals surface area contributed by atoms with Crippen molar-refractivity contribution in [2.75, 3.05) is 68.6 Å². The number of methoxy groups -OCH3 is 6. The van der Waals surface area contributed by atoms with Crippen LogP contribution in [0.5, 0.6) is 0 Å². The molecule has 6 aliphatic heterocycles. The number of amides is 2. The second kappa shape index (κ2) is 60.5. The van der Waals surface area contributed by atoms with Crippen LogP contribution in [0.15, 0.2) is 95.2 Å². The van der Waals surface area contributed by atoms with Gasteiger partial charge in [0.2, 0.25) is 11.6 Å². The number of carbonyl (C=O) groups excluding carboxylic acids is 10. The number of allylic oxidation sites excluding steroid dienone is 12. The maximum atomic E-state index is 14.5. The molecule has 0 aromatic heterocycles. The Morgan fingerprint density at radius 3 is 1.24 bits per heavy atom. The molecule has 4 bridgehead atoms. The van der Waals surface area contributed by atoms with Gasteiger partial charge in [-0.1, -0.05) is 180 Å². The molecule has 31 atom stereocenters. The molecular formula is C112H180N2O25P+. The lowest BCUT2D eigenvalue weighted by molar-refractivity contribution is -0.265. The average Bonchev–Trinajstić information content (AvgIpc) is 0.772. The van der Waals surface area contributed by atoms with E-state index >= 15 is 0 Å². The van der Waals surface area contributed by atoms with Crippen LogP contribution in [0.1, 0.15) is 304 Å². The van der Waals surface area contributed by atoms with E-state index in [1.54, 1.807) is 88.8 Å². The smallest absolute Gasteiger partial charge is 0.335 e. The van der Waals surface area contributed by atoms with Crippen molar-refractivity contribution in [3.05, 3.63) is 95.2 Å². The van der Waals surface area contributed by atoms with Gasteiger partial charge in [0, 0.05) is 117 Å². The SMILES string of the molecule is CCCC.CO[C@H]1C[C@@H]2CC[C@@H](C)[C@@](O)(O2)C(=O)C(=O)N2CCCC[C@H]2C(=O)OC([C@H](C)CC2CCC(CCCC[P+](C)=O)[C@H](OC)C2)CC(=O)[C@H](C)/C=C(\C)[C@@H](O)[C@@H](OC)C(=O)[C@H](C)C[C@H](C)/C=C/C=CC=C1C.CO[C@H]1C[C@@H]2CC[C@@H](C)[C@@](O)(O2)C(=O)C(=O)N2CCCC[C@H]2C(=O)OC([C@H](C)CC2CC[C@@H](C)[C@H](OC)C2)CC(=O)[C@H](C)/C=C(\C)[C@@H](O)[C@@H](OC)C(=O)[C@H](C)C[C@H](C)/C=C/C=CC=C1C. The van der Waals surface area contributed by atoms with E-state index in [2.05, 4.69) is 20.8 Å². The number of hydrogen-bond donors (Lipinski definition) is 4. The molecule has 2 saturated carbocycles. The lowest BCUT2D eigenvalue weighted by Crippen LogP contribution is -2.61. The van der Waals surface area contributed by atoms with Crippen LogP contribution in [0, 0.1) is 82.9 Å². The van der Waals surface area contributed by atoms with E-state index in [0.717, 1.165) is 75.1 Å². The number of ketones is 6. The summed E-state index contributed by atoms with van der Waals surface area (Å²) in [6.45, 7) is 34.1. The standard InChI is InChI=1S/C56H89NO13P.C52H81NO12.C4H10/c1-35-19-13-12-14-20-36(2)47(66-8)33-44-26-23-41(7)56(64,70-44)53(61)54(62)57-27-17-15-22-45(57)55(63)69-48(34-46(58)37(3)30-40(6)51(60)52(68-10)50(59)39(5)29-35)38(4)31-42-24-25-43(49(32-42)67-9)21-16-18-28-71(11)65;1-31-17-13-12-14-18-32(2)44(62-10)29-40-23-21-38(8)52(60,65-40)49(57)50(58)53-24-16-15-19-41(53)51(59)64-45(35(5)27-39-22-20-33(3)43(28-39)61-9)30-42(54)34(4)26-37(7)47(56)48(63-11)46(55)36(6)25-31;1-3-4-2/h12-14,19-20,30,35,37-39,41-45,47-49,51-52,60,64H,15-18,21-29,31-34H2,1-11H3;12-14,17-18,26,31,33-36,38-41,43-45,47-48,56,60H,15-16,19-25,27-30H2,1-11H3;3-4H2,1-2H3/q+1;;/b14-12?,19-13+,36-20?,40-30+;14-12?,17-13+,32-18?,37-26+;/t35-,37-,38-,39-,41-,42?,43?,44+,45+,47+,48?,49-,51-,52+,56-;31-,33-,34-,35-,36-,38-,39?,40+,41+,43-,44+,45?,47-,48+,52-;/m11./s1. The third-order valence-corrected chi connectivity index (χ3v) is 32.2. The Hall–Kier alpha value is -6.56. The van der Waals surface area contributed by atoms with Crippen LogP contribution in [-0.4, -0.2) is 254 Å². The highest BCUT2D eigenvalue weighted by molar-refractivity contribution is 7.43. The monoisotopic (exact) mass is 1980 g/mol. The molecule has 2 amide bonds. The largest absolute Gasteiger partial charge is 0.460 e. The van der Waals surface area contributed by atoms with Gasteiger partial charge >= 0.3 is 19.7 Å². The van der Waals surface area contributed by atoms with Crippen LogP contribution in [-0.2, 0) is 99.9 Å². The van der Waals surface area contributed by atoms with Gasteiger partial charge in [0.25, 0.3) is 23.4 Å². The topological polar surface area (TPSA) is 367 Å². The van der Waals surface area contributed by atoms with Gasteiger partial charge in [0.05, 0.1) is 36.6 Å². The van der Waals surface area contributed by atoms with Crippen LogP contribution in [0.3, 0.4) is 0 Å². The zero-order valence-electron chi connectivity index (χ0n) is 89.4. The quantitative estimate of drug-likeness (QED) is 0.0325. The first-order chi connectivity index (χ1) is 66.3. The first-order valence-corrected chi connectivity index (χ1v) is 54.6. The van der Waals surface area contributed by atoms with Gasteiger partial charge in [-0.3, -0.25) is 38.4 Å². The maximum Gasteiger partial charge on any atom is 0.335 e. The number of piperidine rings is 2. The summed E-state index contributed by atoms with van der Waals surface area (Å²) in [5.41, 5.74) is 2.58. The molecule has 27 nitrogen and oxygen atoms in total. The van der Waals surface area contributed by atoms with E-state index in [4.69, 9.17) is 47.4 Å². The van der Waals surface area contributed by atoms with E-state index in [1.807, 2.05) is 116 Å². The number of rotatable bonds is 18. The number of cyclic esters (lactones) is 2. The number of fused-ring (bicyclic) bond motifs is 6. The van der Waals surface area contributed by atoms with Crippen molar-refractivity contribution in [3.63, 3.8) is 0 Å².